The molecule has 0 aliphatic rings. The van der Waals surface area contributed by atoms with Crippen molar-refractivity contribution in [1.82, 2.24) is 10.6 Å². The van der Waals surface area contributed by atoms with Crippen molar-refractivity contribution in [3.63, 3.8) is 0 Å². The molecular formula is C25H26N2O3. The van der Waals surface area contributed by atoms with Crippen LogP contribution in [0.15, 0.2) is 84.9 Å². The highest BCUT2D eigenvalue weighted by Gasteiger charge is 2.15. The van der Waals surface area contributed by atoms with Crippen LogP contribution >= 0.6 is 0 Å². The summed E-state index contributed by atoms with van der Waals surface area (Å²) in [5.74, 6) is -0.412. The summed E-state index contributed by atoms with van der Waals surface area (Å²) in [6.07, 6.45) is 2.36. The van der Waals surface area contributed by atoms with E-state index in [4.69, 9.17) is 0 Å². The van der Waals surface area contributed by atoms with Crippen LogP contribution in [0.4, 0.5) is 0 Å². The molecule has 0 aliphatic heterocycles. The van der Waals surface area contributed by atoms with Gasteiger partial charge >= 0.3 is 0 Å². The van der Waals surface area contributed by atoms with Crippen LogP contribution in [0.5, 0.6) is 5.75 Å². The van der Waals surface area contributed by atoms with Gasteiger partial charge in [0, 0.05) is 12.1 Å². The average molecular weight is 402 g/mol. The van der Waals surface area contributed by atoms with Gasteiger partial charge in [0.05, 0.1) is 11.6 Å². The number of hydrogen-bond acceptors (Lipinski definition) is 3. The standard InChI is InChI=1S/C25H26N2O3/c28-23-17-8-7-15-21(23)25(30)26-18-10-9-16-22(19-11-3-1-4-12-19)27-24(29)20-13-5-2-6-14-20/h1-8,11-15,17,22,28H,9-10,16,18H2,(H,26,30)(H,27,29). The maximum Gasteiger partial charge on any atom is 0.255 e. The van der Waals surface area contributed by atoms with E-state index in [2.05, 4.69) is 10.6 Å². The molecule has 0 aromatic heterocycles. The largest absolute Gasteiger partial charge is 0.507 e. The SMILES string of the molecule is O=C(NC(CCCCNC(=O)c1ccccc1O)c1ccccc1)c1ccccc1. The van der Waals surface area contributed by atoms with Crippen LogP contribution in [0.2, 0.25) is 0 Å². The molecule has 30 heavy (non-hydrogen) atoms. The first-order valence-corrected chi connectivity index (χ1v) is 10.1. The quantitative estimate of drug-likeness (QED) is 0.462. The Bertz CT molecular complexity index is 958. The number of carbonyl (C=O) groups excluding carboxylic acids is 2. The lowest BCUT2D eigenvalue weighted by Gasteiger charge is -2.19. The van der Waals surface area contributed by atoms with Crippen LogP contribution in [-0.2, 0) is 0 Å². The summed E-state index contributed by atoms with van der Waals surface area (Å²) in [7, 11) is 0. The van der Waals surface area contributed by atoms with Gasteiger partial charge in [0.1, 0.15) is 5.75 Å². The second-order valence-corrected chi connectivity index (χ2v) is 7.07. The molecule has 0 aliphatic carbocycles. The number of amides is 2. The second kappa shape index (κ2) is 10.8. The Hall–Kier alpha value is -3.60. The third-order valence-electron chi connectivity index (χ3n) is 4.90. The van der Waals surface area contributed by atoms with Gasteiger partial charge in [-0.3, -0.25) is 9.59 Å². The summed E-state index contributed by atoms with van der Waals surface area (Å²) in [6.45, 7) is 0.501. The molecule has 0 saturated carbocycles. The van der Waals surface area contributed by atoms with Crippen molar-refractivity contribution in [2.75, 3.05) is 6.54 Å². The van der Waals surface area contributed by atoms with Crippen molar-refractivity contribution in [3.05, 3.63) is 102 Å². The Morgan fingerprint density at radius 3 is 2.10 bits per heavy atom. The smallest absolute Gasteiger partial charge is 0.255 e. The van der Waals surface area contributed by atoms with Crippen molar-refractivity contribution in [2.24, 2.45) is 0 Å². The van der Waals surface area contributed by atoms with E-state index in [1.165, 1.54) is 6.07 Å². The third kappa shape index (κ3) is 5.95. The molecule has 154 valence electrons. The molecule has 0 spiro atoms. The Kier molecular flexibility index (Phi) is 7.61. The number of benzene rings is 3. The van der Waals surface area contributed by atoms with Gasteiger partial charge in [0.2, 0.25) is 0 Å². The van der Waals surface area contributed by atoms with E-state index < -0.39 is 0 Å². The number of unbranched alkanes of at least 4 members (excludes halogenated alkanes) is 1. The van der Waals surface area contributed by atoms with Crippen molar-refractivity contribution in [1.29, 1.82) is 0 Å². The summed E-state index contributed by atoms with van der Waals surface area (Å²) in [5, 5.41) is 15.7. The van der Waals surface area contributed by atoms with Gasteiger partial charge in [0.25, 0.3) is 11.8 Å². The lowest BCUT2D eigenvalue weighted by Crippen LogP contribution is -2.29. The summed E-state index contributed by atoms with van der Waals surface area (Å²) >= 11 is 0. The predicted molar refractivity (Wildman–Crippen MR) is 117 cm³/mol. The number of phenolic OH excluding ortho intramolecular Hbond substituents is 1. The highest BCUT2D eigenvalue weighted by Crippen LogP contribution is 2.20. The lowest BCUT2D eigenvalue weighted by atomic mass is 10.0. The Morgan fingerprint density at radius 1 is 0.767 bits per heavy atom. The summed E-state index contributed by atoms with van der Waals surface area (Å²) in [6, 6.07) is 25.4. The van der Waals surface area contributed by atoms with Gasteiger partial charge in [-0.2, -0.15) is 0 Å². The van der Waals surface area contributed by atoms with Crippen LogP contribution in [0.1, 0.15) is 51.6 Å². The van der Waals surface area contributed by atoms with Crippen molar-refractivity contribution in [2.45, 2.75) is 25.3 Å². The number of nitrogens with one attached hydrogen (secondary N) is 2. The van der Waals surface area contributed by atoms with E-state index in [1.54, 1.807) is 30.3 Å². The van der Waals surface area contributed by atoms with E-state index in [9.17, 15) is 14.7 Å². The summed E-state index contributed by atoms with van der Waals surface area (Å²) in [4.78, 5) is 24.8. The first-order chi connectivity index (χ1) is 14.6. The number of para-hydroxylation sites is 1. The van der Waals surface area contributed by atoms with Crippen molar-refractivity contribution in [3.8, 4) is 5.75 Å². The molecule has 1 unspecified atom stereocenters. The molecule has 1 atom stereocenters. The highest BCUT2D eigenvalue weighted by molar-refractivity contribution is 5.96. The number of carbonyl (C=O) groups is 2. The number of hydrogen-bond donors (Lipinski definition) is 3. The molecular weight excluding hydrogens is 376 g/mol. The summed E-state index contributed by atoms with van der Waals surface area (Å²) < 4.78 is 0. The van der Waals surface area contributed by atoms with Gasteiger partial charge in [-0.25, -0.2) is 0 Å². The number of aromatic hydroxyl groups is 1. The van der Waals surface area contributed by atoms with E-state index >= 15 is 0 Å². The summed E-state index contributed by atoms with van der Waals surface area (Å²) in [5.41, 5.74) is 1.96. The molecule has 3 rings (SSSR count). The first-order valence-electron chi connectivity index (χ1n) is 10.1. The van der Waals surface area contributed by atoms with Crippen LogP contribution in [0, 0.1) is 0 Å². The van der Waals surface area contributed by atoms with Crippen LogP contribution in [0.25, 0.3) is 0 Å². The molecule has 5 heteroatoms. The highest BCUT2D eigenvalue weighted by atomic mass is 16.3. The minimum atomic E-state index is -0.287. The van der Waals surface area contributed by atoms with Crippen LogP contribution in [0.3, 0.4) is 0 Å². The zero-order valence-electron chi connectivity index (χ0n) is 16.8. The fourth-order valence-electron chi connectivity index (χ4n) is 3.27. The molecule has 0 bridgehead atoms. The van der Waals surface area contributed by atoms with Gasteiger partial charge in [0.15, 0.2) is 0 Å². The molecule has 0 saturated heterocycles. The molecule has 3 aromatic rings. The van der Waals surface area contributed by atoms with E-state index in [1.807, 2.05) is 48.5 Å². The Balaban J connectivity index is 1.52. The fraction of sp³-hybridized carbons (Fsp3) is 0.200. The average Bonchev–Trinajstić information content (AvgIpc) is 2.79. The van der Waals surface area contributed by atoms with Gasteiger partial charge in [-0.05, 0) is 49.1 Å². The van der Waals surface area contributed by atoms with Gasteiger partial charge < -0.3 is 15.7 Å². The normalized spacial score (nSPS) is 11.5. The molecule has 5 nitrogen and oxygen atoms in total. The van der Waals surface area contributed by atoms with Crippen LogP contribution < -0.4 is 10.6 Å². The van der Waals surface area contributed by atoms with Crippen LogP contribution in [-0.4, -0.2) is 23.5 Å². The fourth-order valence-corrected chi connectivity index (χ4v) is 3.27. The lowest BCUT2D eigenvalue weighted by molar-refractivity contribution is 0.0933. The van der Waals surface area contributed by atoms with Gasteiger partial charge in [-0.15, -0.1) is 0 Å². The first kappa shape index (κ1) is 21.1. The molecule has 2 amide bonds. The van der Waals surface area contributed by atoms with E-state index in [0.717, 1.165) is 24.8 Å². The maximum absolute atomic E-state index is 12.6. The Labute approximate surface area is 176 Å². The zero-order valence-corrected chi connectivity index (χ0v) is 16.8. The number of phenols is 1. The second-order valence-electron chi connectivity index (χ2n) is 7.07. The minimum absolute atomic E-state index is 0.0252. The molecule has 0 heterocycles. The molecule has 0 radical (unpaired) electrons. The Morgan fingerprint density at radius 2 is 1.40 bits per heavy atom. The van der Waals surface area contributed by atoms with Crippen molar-refractivity contribution >= 4 is 11.8 Å². The molecule has 3 N–H and O–H groups in total. The predicted octanol–water partition coefficient (Wildman–Crippen LogP) is 4.46. The van der Waals surface area contributed by atoms with E-state index in [0.29, 0.717) is 12.1 Å². The maximum atomic E-state index is 12.6. The topological polar surface area (TPSA) is 78.4 Å². The molecule has 0 fully saturated rings. The minimum Gasteiger partial charge on any atom is -0.507 e. The van der Waals surface area contributed by atoms with Crippen molar-refractivity contribution < 1.29 is 14.7 Å². The third-order valence-corrected chi connectivity index (χ3v) is 4.90. The molecule has 3 aromatic carbocycles. The zero-order chi connectivity index (χ0) is 21.2. The monoisotopic (exact) mass is 402 g/mol. The number of rotatable bonds is 9. The van der Waals surface area contributed by atoms with Gasteiger partial charge in [-0.1, -0.05) is 60.7 Å². The van der Waals surface area contributed by atoms with E-state index in [-0.39, 0.29) is 29.2 Å².